The first kappa shape index (κ1) is 22.5. The van der Waals surface area contributed by atoms with Gasteiger partial charge in [-0.05, 0) is 32.2 Å². The highest BCUT2D eigenvalue weighted by Gasteiger charge is 2.27. The van der Waals surface area contributed by atoms with E-state index < -0.39 is 34.3 Å². The number of amides is 1. The van der Waals surface area contributed by atoms with Gasteiger partial charge in [-0.1, -0.05) is 17.8 Å². The average Bonchev–Trinajstić information content (AvgIpc) is 2.68. The molecular weight excluding hydrogens is 398 g/mol. The molecule has 1 N–H and O–H groups in total. The molecule has 0 aliphatic heterocycles. The van der Waals surface area contributed by atoms with Crippen LogP contribution in [0.2, 0.25) is 0 Å². The first-order chi connectivity index (χ1) is 13.7. The lowest BCUT2D eigenvalue weighted by Crippen LogP contribution is -2.47. The first-order valence-corrected chi connectivity index (χ1v) is 9.76. The van der Waals surface area contributed by atoms with Crippen molar-refractivity contribution in [1.82, 2.24) is 10.3 Å². The Bertz CT molecular complexity index is 1020. The number of methoxy groups -OCH3 is 1. The Kier molecular flexibility index (Phi) is 7.44. The maximum absolute atomic E-state index is 14.5. The predicted molar refractivity (Wildman–Crippen MR) is 109 cm³/mol. The fourth-order valence-electron chi connectivity index (χ4n) is 2.41. The molecule has 5 nitrogen and oxygen atoms in total. The van der Waals surface area contributed by atoms with Crippen LogP contribution in [0.15, 0.2) is 18.3 Å². The van der Waals surface area contributed by atoms with Crippen LogP contribution in [0.25, 0.3) is 10.9 Å². The number of thioether (sulfide) groups is 1. The standard InChI is InChI=1S/C21H20F2N2O3S/c1-6-13-10-14-11-15(16(22)17(23)18(14)24-12-13)28-20(29-5)19(26)25-21(2,3)8-7-9-27-4/h1,10-12,20H,9H2,2-5H3,(H,25,26). The molecule has 29 heavy (non-hydrogen) atoms. The topological polar surface area (TPSA) is 60.5 Å². The van der Waals surface area contributed by atoms with Gasteiger partial charge in [-0.25, -0.2) is 4.39 Å². The van der Waals surface area contributed by atoms with Crippen molar-refractivity contribution in [2.45, 2.75) is 24.8 Å². The third-order valence-corrected chi connectivity index (χ3v) is 4.44. The van der Waals surface area contributed by atoms with Crippen LogP contribution < -0.4 is 10.1 Å². The zero-order chi connectivity index (χ0) is 21.6. The molecule has 1 atom stereocenters. The number of aromatic nitrogens is 1. The predicted octanol–water partition coefficient (Wildman–Crippen LogP) is 3.11. The molecule has 1 heterocycles. The van der Waals surface area contributed by atoms with Crippen molar-refractivity contribution in [2.24, 2.45) is 0 Å². The van der Waals surface area contributed by atoms with Gasteiger partial charge in [-0.15, -0.1) is 18.2 Å². The van der Waals surface area contributed by atoms with Crippen molar-refractivity contribution < 1.29 is 23.0 Å². The van der Waals surface area contributed by atoms with Crippen LogP contribution in [0, 0.1) is 35.8 Å². The summed E-state index contributed by atoms with van der Waals surface area (Å²) in [5.74, 6) is 4.65. The summed E-state index contributed by atoms with van der Waals surface area (Å²) < 4.78 is 39.2. The molecule has 1 unspecified atom stereocenters. The SMILES string of the molecule is C#Cc1cnc2c(F)c(F)c(OC(SC)C(=O)NC(C)(C)C#CCOC)cc2c1. The lowest BCUT2D eigenvalue weighted by molar-refractivity contribution is -0.125. The summed E-state index contributed by atoms with van der Waals surface area (Å²) in [7, 11) is 1.51. The van der Waals surface area contributed by atoms with Crippen LogP contribution in [-0.4, -0.2) is 41.8 Å². The van der Waals surface area contributed by atoms with Crippen LogP contribution in [0.4, 0.5) is 8.78 Å². The third-order valence-electron chi connectivity index (χ3n) is 3.70. The molecule has 8 heteroatoms. The normalized spacial score (nSPS) is 11.9. The summed E-state index contributed by atoms with van der Waals surface area (Å²) in [4.78, 5) is 16.4. The van der Waals surface area contributed by atoms with Crippen molar-refractivity contribution in [3.8, 4) is 29.9 Å². The number of carbonyl (C=O) groups excluding carboxylic acids is 1. The number of fused-ring (bicyclic) bond motifs is 1. The van der Waals surface area contributed by atoms with Gasteiger partial charge in [0, 0.05) is 24.3 Å². The second-order valence-electron chi connectivity index (χ2n) is 6.48. The minimum absolute atomic E-state index is 0.173. The van der Waals surface area contributed by atoms with Gasteiger partial charge in [0.1, 0.15) is 12.1 Å². The van der Waals surface area contributed by atoms with Crippen LogP contribution in [0.3, 0.4) is 0 Å². The van der Waals surface area contributed by atoms with E-state index in [1.165, 1.54) is 25.4 Å². The highest BCUT2D eigenvalue weighted by molar-refractivity contribution is 7.99. The largest absolute Gasteiger partial charge is 0.467 e. The van der Waals surface area contributed by atoms with Gasteiger partial charge in [-0.3, -0.25) is 9.78 Å². The number of pyridine rings is 1. The van der Waals surface area contributed by atoms with Gasteiger partial charge in [0.25, 0.3) is 5.91 Å². The number of hydrogen-bond acceptors (Lipinski definition) is 5. The van der Waals surface area contributed by atoms with Crippen molar-refractivity contribution >= 4 is 28.6 Å². The minimum Gasteiger partial charge on any atom is -0.467 e. The summed E-state index contributed by atoms with van der Waals surface area (Å²) in [6.45, 7) is 3.62. The number of nitrogens with zero attached hydrogens (tertiary/aromatic N) is 1. The maximum Gasteiger partial charge on any atom is 0.272 e. The summed E-state index contributed by atoms with van der Waals surface area (Å²) in [6.07, 6.45) is 8.21. The fourth-order valence-corrected chi connectivity index (χ4v) is 2.88. The molecule has 0 bridgehead atoms. The molecule has 152 valence electrons. The molecular formula is C21H20F2N2O3S. The van der Waals surface area contributed by atoms with Crippen LogP contribution >= 0.6 is 11.8 Å². The van der Waals surface area contributed by atoms with E-state index >= 15 is 0 Å². The van der Waals surface area contributed by atoms with E-state index in [2.05, 4.69) is 28.1 Å². The Morgan fingerprint density at radius 3 is 2.72 bits per heavy atom. The highest BCUT2D eigenvalue weighted by atomic mass is 32.2. The number of carbonyl (C=O) groups is 1. The van der Waals surface area contributed by atoms with Crippen LogP contribution in [0.5, 0.6) is 5.75 Å². The Balaban J connectivity index is 2.29. The minimum atomic E-state index is -1.23. The Labute approximate surface area is 172 Å². The molecule has 2 rings (SSSR count). The molecule has 0 fully saturated rings. The molecule has 0 saturated heterocycles. The molecule has 1 amide bonds. The van der Waals surface area contributed by atoms with Crippen molar-refractivity contribution in [3.05, 3.63) is 35.5 Å². The van der Waals surface area contributed by atoms with E-state index in [4.69, 9.17) is 15.9 Å². The number of nitrogens with one attached hydrogen (secondary N) is 1. The quantitative estimate of drug-likeness (QED) is 0.577. The van der Waals surface area contributed by atoms with Gasteiger partial charge >= 0.3 is 0 Å². The molecule has 0 radical (unpaired) electrons. The summed E-state index contributed by atoms with van der Waals surface area (Å²) in [5.41, 5.74) is -1.77. The summed E-state index contributed by atoms with van der Waals surface area (Å²) in [5, 5.41) is 2.97. The Hall–Kier alpha value is -2.81. The lowest BCUT2D eigenvalue weighted by atomic mass is 10.1. The Morgan fingerprint density at radius 2 is 2.10 bits per heavy atom. The number of hydrogen-bond donors (Lipinski definition) is 1. The van der Waals surface area contributed by atoms with Gasteiger partial charge in [0.05, 0.1) is 5.54 Å². The molecule has 1 aromatic heterocycles. The van der Waals surface area contributed by atoms with Crippen LogP contribution in [-0.2, 0) is 9.53 Å². The molecule has 2 aromatic rings. The molecule has 0 spiro atoms. The van der Waals surface area contributed by atoms with Crippen molar-refractivity contribution in [2.75, 3.05) is 20.0 Å². The van der Waals surface area contributed by atoms with Crippen molar-refractivity contribution in [3.63, 3.8) is 0 Å². The van der Waals surface area contributed by atoms with E-state index in [1.54, 1.807) is 20.1 Å². The van der Waals surface area contributed by atoms with E-state index in [1.807, 2.05) is 0 Å². The number of ether oxygens (including phenoxy) is 2. The first-order valence-electron chi connectivity index (χ1n) is 8.47. The zero-order valence-electron chi connectivity index (χ0n) is 16.4. The number of terminal acetylenes is 1. The monoisotopic (exact) mass is 418 g/mol. The molecule has 0 aliphatic carbocycles. The smallest absolute Gasteiger partial charge is 0.272 e. The van der Waals surface area contributed by atoms with Gasteiger partial charge in [0.2, 0.25) is 11.3 Å². The highest BCUT2D eigenvalue weighted by Crippen LogP contribution is 2.30. The van der Waals surface area contributed by atoms with E-state index in [0.29, 0.717) is 5.56 Å². The van der Waals surface area contributed by atoms with Gasteiger partial charge < -0.3 is 14.8 Å². The molecule has 0 saturated carbocycles. The van der Waals surface area contributed by atoms with Gasteiger partial charge in [-0.2, -0.15) is 4.39 Å². The van der Waals surface area contributed by atoms with Crippen LogP contribution in [0.1, 0.15) is 19.4 Å². The van der Waals surface area contributed by atoms with E-state index in [0.717, 1.165) is 11.8 Å². The van der Waals surface area contributed by atoms with Crippen molar-refractivity contribution in [1.29, 1.82) is 0 Å². The lowest BCUT2D eigenvalue weighted by Gasteiger charge is -2.24. The average molecular weight is 418 g/mol. The number of halogens is 2. The third kappa shape index (κ3) is 5.60. The zero-order valence-corrected chi connectivity index (χ0v) is 17.2. The second-order valence-corrected chi connectivity index (χ2v) is 7.38. The van der Waals surface area contributed by atoms with E-state index in [-0.39, 0.29) is 17.5 Å². The number of benzene rings is 1. The molecule has 0 aliphatic rings. The maximum atomic E-state index is 14.5. The Morgan fingerprint density at radius 1 is 1.38 bits per heavy atom. The fraction of sp³-hybridized carbons (Fsp3) is 0.333. The second kappa shape index (κ2) is 9.60. The van der Waals surface area contributed by atoms with E-state index in [9.17, 15) is 13.6 Å². The van der Waals surface area contributed by atoms with Gasteiger partial charge in [0.15, 0.2) is 11.6 Å². The summed E-state index contributed by atoms with van der Waals surface area (Å²) in [6, 6.07) is 2.75. The molecule has 1 aromatic carbocycles. The number of rotatable bonds is 6. The summed E-state index contributed by atoms with van der Waals surface area (Å²) >= 11 is 1.03.